The molecule has 0 spiro atoms. The van der Waals surface area contributed by atoms with Gasteiger partial charge in [-0.05, 0) is 49.2 Å². The molecule has 25 heavy (non-hydrogen) atoms. The fraction of sp³-hybridized carbons (Fsp3) is 0.316. The van der Waals surface area contributed by atoms with Crippen molar-refractivity contribution in [3.8, 4) is 5.75 Å². The van der Waals surface area contributed by atoms with Crippen LogP contribution in [0.4, 0.5) is 0 Å². The molecule has 1 amide bonds. The predicted octanol–water partition coefficient (Wildman–Crippen LogP) is 5.50. The molecule has 3 nitrogen and oxygen atoms in total. The normalized spacial score (nSPS) is 11.8. The van der Waals surface area contributed by atoms with Gasteiger partial charge in [-0.25, -0.2) is 0 Å². The van der Waals surface area contributed by atoms with Gasteiger partial charge < -0.3 is 10.1 Å². The first-order chi connectivity index (χ1) is 12.0. The monoisotopic (exact) mass is 397 g/mol. The van der Waals surface area contributed by atoms with Crippen LogP contribution in [0.2, 0.25) is 10.0 Å². The summed E-state index contributed by atoms with van der Waals surface area (Å²) in [4.78, 5) is 12.1. The van der Waals surface area contributed by atoms with E-state index in [4.69, 9.17) is 27.9 Å². The minimum absolute atomic E-state index is 0.00597. The van der Waals surface area contributed by atoms with Crippen LogP contribution in [0.1, 0.15) is 31.0 Å². The number of carbonyl (C=O) groups is 1. The van der Waals surface area contributed by atoms with E-state index in [9.17, 15) is 4.79 Å². The molecule has 0 radical (unpaired) electrons. The van der Waals surface area contributed by atoms with E-state index in [1.54, 1.807) is 17.8 Å². The van der Waals surface area contributed by atoms with Crippen molar-refractivity contribution in [3.05, 3.63) is 63.6 Å². The van der Waals surface area contributed by atoms with Crippen LogP contribution in [0.3, 0.4) is 0 Å². The minimum Gasteiger partial charge on any atom is -0.494 e. The molecule has 1 atom stereocenters. The molecule has 0 saturated carbocycles. The third-order valence-corrected chi connectivity index (χ3v) is 5.30. The lowest BCUT2D eigenvalue weighted by molar-refractivity contribution is -0.119. The second kappa shape index (κ2) is 9.95. The summed E-state index contributed by atoms with van der Waals surface area (Å²) in [5, 5.41) is 4.08. The Labute approximate surface area is 163 Å². The maximum Gasteiger partial charge on any atom is 0.230 e. The summed E-state index contributed by atoms with van der Waals surface area (Å²) in [5.74, 6) is 1.94. The third kappa shape index (κ3) is 6.46. The number of amides is 1. The number of carbonyl (C=O) groups excluding carboxylic acids is 1. The second-order valence-corrected chi connectivity index (χ2v) is 7.33. The topological polar surface area (TPSA) is 38.3 Å². The van der Waals surface area contributed by atoms with E-state index in [-0.39, 0.29) is 11.9 Å². The predicted molar refractivity (Wildman–Crippen MR) is 107 cm³/mol. The Morgan fingerprint density at radius 2 is 1.88 bits per heavy atom. The molecule has 1 unspecified atom stereocenters. The first-order valence-corrected chi connectivity index (χ1v) is 9.94. The molecule has 0 bridgehead atoms. The SMILES string of the molecule is CCOc1ccc(C(C)NC(=O)CSCc2ccc(Cl)c(Cl)c2)cc1. The Morgan fingerprint density at radius 3 is 2.52 bits per heavy atom. The van der Waals surface area contributed by atoms with E-state index in [0.717, 1.165) is 16.9 Å². The summed E-state index contributed by atoms with van der Waals surface area (Å²) in [6, 6.07) is 13.2. The number of ether oxygens (including phenoxy) is 1. The molecule has 2 aromatic rings. The first kappa shape index (κ1) is 20.0. The van der Waals surface area contributed by atoms with Crippen LogP contribution in [0, 0.1) is 0 Å². The molecule has 0 aliphatic heterocycles. The highest BCUT2D eigenvalue weighted by Gasteiger charge is 2.10. The fourth-order valence-corrected chi connectivity index (χ4v) is 3.38. The van der Waals surface area contributed by atoms with Crippen molar-refractivity contribution in [3.63, 3.8) is 0 Å². The van der Waals surface area contributed by atoms with Crippen LogP contribution in [0.25, 0.3) is 0 Å². The molecule has 0 aromatic heterocycles. The molecule has 0 heterocycles. The summed E-state index contributed by atoms with van der Waals surface area (Å²) in [5.41, 5.74) is 2.10. The molecule has 1 N–H and O–H groups in total. The van der Waals surface area contributed by atoms with Crippen LogP contribution in [0.5, 0.6) is 5.75 Å². The van der Waals surface area contributed by atoms with Gasteiger partial charge >= 0.3 is 0 Å². The molecule has 6 heteroatoms. The van der Waals surface area contributed by atoms with Gasteiger partial charge in [0.15, 0.2) is 0 Å². The van der Waals surface area contributed by atoms with Crippen molar-refractivity contribution >= 4 is 40.9 Å². The van der Waals surface area contributed by atoms with Crippen LogP contribution in [0.15, 0.2) is 42.5 Å². The molecule has 0 aliphatic rings. The van der Waals surface area contributed by atoms with Gasteiger partial charge in [-0.3, -0.25) is 4.79 Å². The number of hydrogen-bond acceptors (Lipinski definition) is 3. The van der Waals surface area contributed by atoms with Gasteiger partial charge in [0, 0.05) is 5.75 Å². The first-order valence-electron chi connectivity index (χ1n) is 8.03. The Balaban J connectivity index is 1.78. The summed E-state index contributed by atoms with van der Waals surface area (Å²) >= 11 is 13.4. The molecular formula is C19H21Cl2NO2S. The Kier molecular flexibility index (Phi) is 7.94. The summed E-state index contributed by atoms with van der Waals surface area (Å²) in [7, 11) is 0. The van der Waals surface area contributed by atoms with Crippen LogP contribution in [-0.4, -0.2) is 18.3 Å². The molecule has 0 aliphatic carbocycles. The van der Waals surface area contributed by atoms with Crippen molar-refractivity contribution in [1.29, 1.82) is 0 Å². The standard InChI is InChI=1S/C19H21Cl2NO2S/c1-3-24-16-7-5-15(6-8-16)13(2)22-19(23)12-25-11-14-4-9-17(20)18(21)10-14/h4-10,13H,3,11-12H2,1-2H3,(H,22,23). The van der Waals surface area contributed by atoms with E-state index >= 15 is 0 Å². The molecule has 0 saturated heterocycles. The van der Waals surface area contributed by atoms with E-state index < -0.39 is 0 Å². The smallest absolute Gasteiger partial charge is 0.230 e. The molecule has 2 rings (SSSR count). The van der Waals surface area contributed by atoms with Crippen molar-refractivity contribution in [2.75, 3.05) is 12.4 Å². The summed E-state index contributed by atoms with van der Waals surface area (Å²) in [6.07, 6.45) is 0. The summed E-state index contributed by atoms with van der Waals surface area (Å²) < 4.78 is 5.42. The van der Waals surface area contributed by atoms with Crippen LogP contribution < -0.4 is 10.1 Å². The number of nitrogens with one attached hydrogen (secondary N) is 1. The maximum absolute atomic E-state index is 12.1. The lowest BCUT2D eigenvalue weighted by Crippen LogP contribution is -2.28. The highest BCUT2D eigenvalue weighted by Crippen LogP contribution is 2.24. The van der Waals surface area contributed by atoms with E-state index in [1.165, 1.54) is 0 Å². The van der Waals surface area contributed by atoms with Crippen LogP contribution in [-0.2, 0) is 10.5 Å². The van der Waals surface area contributed by atoms with E-state index in [1.807, 2.05) is 50.2 Å². The fourth-order valence-electron chi connectivity index (χ4n) is 2.28. The molecule has 2 aromatic carbocycles. The lowest BCUT2D eigenvalue weighted by atomic mass is 10.1. The Bertz CT molecular complexity index is 707. The van der Waals surface area contributed by atoms with Crippen LogP contribution >= 0.6 is 35.0 Å². The number of benzene rings is 2. The van der Waals surface area contributed by atoms with Crippen molar-refractivity contribution in [1.82, 2.24) is 5.32 Å². The van der Waals surface area contributed by atoms with Gasteiger partial charge in [0.1, 0.15) is 5.75 Å². The van der Waals surface area contributed by atoms with Gasteiger partial charge in [0.25, 0.3) is 0 Å². The molecular weight excluding hydrogens is 377 g/mol. The lowest BCUT2D eigenvalue weighted by Gasteiger charge is -2.15. The van der Waals surface area contributed by atoms with Crippen molar-refractivity contribution in [2.24, 2.45) is 0 Å². The third-order valence-electron chi connectivity index (χ3n) is 3.55. The number of rotatable bonds is 8. The number of hydrogen-bond donors (Lipinski definition) is 1. The van der Waals surface area contributed by atoms with Crippen molar-refractivity contribution in [2.45, 2.75) is 25.6 Å². The highest BCUT2D eigenvalue weighted by atomic mass is 35.5. The second-order valence-electron chi connectivity index (χ2n) is 5.53. The van der Waals surface area contributed by atoms with E-state index in [0.29, 0.717) is 28.2 Å². The largest absolute Gasteiger partial charge is 0.494 e. The van der Waals surface area contributed by atoms with E-state index in [2.05, 4.69) is 5.32 Å². The zero-order chi connectivity index (χ0) is 18.2. The zero-order valence-electron chi connectivity index (χ0n) is 14.2. The zero-order valence-corrected chi connectivity index (χ0v) is 16.5. The van der Waals surface area contributed by atoms with Gasteiger partial charge in [-0.1, -0.05) is 41.4 Å². The Hall–Kier alpha value is -1.36. The average Bonchev–Trinajstić information content (AvgIpc) is 2.59. The average molecular weight is 398 g/mol. The number of thioether (sulfide) groups is 1. The summed E-state index contributed by atoms with van der Waals surface area (Å²) in [6.45, 7) is 4.56. The Morgan fingerprint density at radius 1 is 1.16 bits per heavy atom. The van der Waals surface area contributed by atoms with Gasteiger partial charge in [0.05, 0.1) is 28.4 Å². The van der Waals surface area contributed by atoms with Gasteiger partial charge in [-0.2, -0.15) is 0 Å². The van der Waals surface area contributed by atoms with Gasteiger partial charge in [-0.15, -0.1) is 11.8 Å². The number of halogens is 2. The quantitative estimate of drug-likeness (QED) is 0.638. The molecule has 0 fully saturated rings. The van der Waals surface area contributed by atoms with Gasteiger partial charge in [0.2, 0.25) is 5.91 Å². The maximum atomic E-state index is 12.1. The minimum atomic E-state index is -0.0475. The van der Waals surface area contributed by atoms with Crippen molar-refractivity contribution < 1.29 is 9.53 Å². The molecule has 134 valence electrons. The highest BCUT2D eigenvalue weighted by molar-refractivity contribution is 7.99.